The Morgan fingerprint density at radius 1 is 1.32 bits per heavy atom. The Morgan fingerprint density at radius 2 is 2.21 bits per heavy atom. The number of hydrogen-bond donors (Lipinski definition) is 1. The quantitative estimate of drug-likeness (QED) is 0.830. The summed E-state index contributed by atoms with van der Waals surface area (Å²) in [6.45, 7) is 3.05. The van der Waals surface area contributed by atoms with Crippen molar-refractivity contribution in [3.8, 4) is 5.88 Å². The van der Waals surface area contributed by atoms with Crippen LogP contribution in [0, 0.1) is 0 Å². The van der Waals surface area contributed by atoms with Crippen LogP contribution in [-0.4, -0.2) is 24.7 Å². The molecule has 0 saturated heterocycles. The molecular weight excluding hydrogens is 240 g/mol. The minimum Gasteiger partial charge on any atom is -0.481 e. The maximum Gasteiger partial charge on any atom is 0.212 e. The van der Waals surface area contributed by atoms with Crippen molar-refractivity contribution in [3.63, 3.8) is 0 Å². The molecule has 2 heterocycles. The van der Waals surface area contributed by atoms with Gasteiger partial charge in [0.2, 0.25) is 5.88 Å². The lowest BCUT2D eigenvalue weighted by Crippen LogP contribution is -2.32. The number of furan rings is 1. The molecule has 0 aliphatic heterocycles. The number of nitrogens with zero attached hydrogens (tertiary/aromatic N) is 1. The third kappa shape index (κ3) is 4.10. The van der Waals surface area contributed by atoms with Gasteiger partial charge in [0, 0.05) is 24.7 Å². The van der Waals surface area contributed by atoms with Crippen molar-refractivity contribution in [2.75, 3.05) is 13.7 Å². The molecule has 0 fully saturated rings. The Bertz CT molecular complexity index is 465. The fourth-order valence-corrected chi connectivity index (χ4v) is 2.11. The molecule has 0 aliphatic carbocycles. The average molecular weight is 260 g/mol. The highest BCUT2D eigenvalue weighted by Gasteiger charge is 2.11. The molecule has 2 aromatic rings. The summed E-state index contributed by atoms with van der Waals surface area (Å²) >= 11 is 0. The van der Waals surface area contributed by atoms with E-state index in [1.807, 2.05) is 24.4 Å². The summed E-state index contributed by atoms with van der Waals surface area (Å²) < 4.78 is 10.5. The van der Waals surface area contributed by atoms with E-state index >= 15 is 0 Å². The van der Waals surface area contributed by atoms with E-state index in [0.29, 0.717) is 11.9 Å². The zero-order valence-electron chi connectivity index (χ0n) is 11.4. The second-order valence-corrected chi connectivity index (χ2v) is 4.45. The van der Waals surface area contributed by atoms with E-state index in [1.165, 1.54) is 5.56 Å². The van der Waals surface area contributed by atoms with Crippen molar-refractivity contribution in [2.45, 2.75) is 25.8 Å². The molecule has 0 radical (unpaired) electrons. The molecule has 0 aromatic carbocycles. The first-order chi connectivity index (χ1) is 9.31. The molecule has 0 amide bonds. The Labute approximate surface area is 113 Å². The number of methoxy groups -OCH3 is 1. The van der Waals surface area contributed by atoms with E-state index in [0.717, 1.165) is 25.1 Å². The topological polar surface area (TPSA) is 47.3 Å². The number of ether oxygens (including phenoxy) is 1. The SMILES string of the molecule is CCNC(Cc1ccc(OC)nc1)Cc1ccco1. The highest BCUT2D eigenvalue weighted by Crippen LogP contribution is 2.12. The highest BCUT2D eigenvalue weighted by atomic mass is 16.5. The Kier molecular flexibility index (Phi) is 4.98. The second kappa shape index (κ2) is 6.95. The van der Waals surface area contributed by atoms with Crippen molar-refractivity contribution in [1.82, 2.24) is 10.3 Å². The zero-order valence-corrected chi connectivity index (χ0v) is 11.4. The molecule has 0 spiro atoms. The first kappa shape index (κ1) is 13.6. The third-order valence-electron chi connectivity index (χ3n) is 3.01. The number of likely N-dealkylation sites (N-methyl/N-ethyl adjacent to an activating group) is 1. The molecule has 19 heavy (non-hydrogen) atoms. The smallest absolute Gasteiger partial charge is 0.212 e. The van der Waals surface area contributed by atoms with Gasteiger partial charge in [0.25, 0.3) is 0 Å². The molecular formula is C15H20N2O2. The van der Waals surface area contributed by atoms with Crippen LogP contribution in [0.15, 0.2) is 41.1 Å². The van der Waals surface area contributed by atoms with Crippen molar-refractivity contribution in [1.29, 1.82) is 0 Å². The summed E-state index contributed by atoms with van der Waals surface area (Å²) in [4.78, 5) is 4.23. The lowest BCUT2D eigenvalue weighted by Gasteiger charge is -2.16. The maximum atomic E-state index is 5.41. The van der Waals surface area contributed by atoms with Gasteiger partial charge in [0.05, 0.1) is 13.4 Å². The van der Waals surface area contributed by atoms with E-state index in [-0.39, 0.29) is 0 Å². The van der Waals surface area contributed by atoms with E-state index in [4.69, 9.17) is 9.15 Å². The van der Waals surface area contributed by atoms with Crippen molar-refractivity contribution >= 4 is 0 Å². The first-order valence-electron chi connectivity index (χ1n) is 6.56. The van der Waals surface area contributed by atoms with Crippen LogP contribution in [0.2, 0.25) is 0 Å². The molecule has 0 aliphatic rings. The summed E-state index contributed by atoms with van der Waals surface area (Å²) in [6, 6.07) is 8.24. The number of hydrogen-bond acceptors (Lipinski definition) is 4. The zero-order chi connectivity index (χ0) is 13.5. The van der Waals surface area contributed by atoms with Crippen LogP contribution in [0.3, 0.4) is 0 Å². The predicted octanol–water partition coefficient (Wildman–Crippen LogP) is 2.45. The first-order valence-corrected chi connectivity index (χ1v) is 6.56. The van der Waals surface area contributed by atoms with Crippen molar-refractivity contribution in [2.24, 2.45) is 0 Å². The van der Waals surface area contributed by atoms with Crippen LogP contribution in [0.1, 0.15) is 18.2 Å². The number of nitrogens with one attached hydrogen (secondary N) is 1. The maximum absolute atomic E-state index is 5.41. The van der Waals surface area contributed by atoms with Crippen LogP contribution in [0.25, 0.3) is 0 Å². The third-order valence-corrected chi connectivity index (χ3v) is 3.01. The summed E-state index contributed by atoms with van der Waals surface area (Å²) in [7, 11) is 1.63. The number of rotatable bonds is 7. The van der Waals surface area contributed by atoms with Crippen LogP contribution in [-0.2, 0) is 12.8 Å². The minimum absolute atomic E-state index is 0.353. The summed E-state index contributed by atoms with van der Waals surface area (Å²) in [5.41, 5.74) is 1.19. The fourth-order valence-electron chi connectivity index (χ4n) is 2.11. The van der Waals surface area contributed by atoms with Gasteiger partial charge in [-0.15, -0.1) is 0 Å². The Hall–Kier alpha value is -1.81. The lowest BCUT2D eigenvalue weighted by molar-refractivity contribution is 0.397. The van der Waals surface area contributed by atoms with E-state index < -0.39 is 0 Å². The van der Waals surface area contributed by atoms with Gasteiger partial charge < -0.3 is 14.5 Å². The van der Waals surface area contributed by atoms with Gasteiger partial charge in [0.15, 0.2) is 0 Å². The van der Waals surface area contributed by atoms with Gasteiger partial charge in [-0.2, -0.15) is 0 Å². The van der Waals surface area contributed by atoms with Gasteiger partial charge in [-0.25, -0.2) is 4.98 Å². The molecule has 0 saturated carbocycles. The molecule has 0 bridgehead atoms. The van der Waals surface area contributed by atoms with Gasteiger partial charge in [-0.3, -0.25) is 0 Å². The Morgan fingerprint density at radius 3 is 2.79 bits per heavy atom. The average Bonchev–Trinajstić information content (AvgIpc) is 2.93. The fraction of sp³-hybridized carbons (Fsp3) is 0.400. The van der Waals surface area contributed by atoms with Crippen molar-refractivity contribution < 1.29 is 9.15 Å². The standard InChI is InChI=1S/C15H20N2O2/c1-3-16-13(10-14-5-4-8-19-14)9-12-6-7-15(18-2)17-11-12/h4-8,11,13,16H,3,9-10H2,1-2H3. The normalized spacial score (nSPS) is 12.3. The number of aromatic nitrogens is 1. The molecule has 4 nitrogen and oxygen atoms in total. The van der Waals surface area contributed by atoms with Crippen molar-refractivity contribution in [3.05, 3.63) is 48.0 Å². The largest absolute Gasteiger partial charge is 0.481 e. The summed E-state index contributed by atoms with van der Waals surface area (Å²) in [5.74, 6) is 1.65. The van der Waals surface area contributed by atoms with Gasteiger partial charge in [0.1, 0.15) is 5.76 Å². The molecule has 4 heteroatoms. The molecule has 2 rings (SSSR count). The van der Waals surface area contributed by atoms with E-state index in [9.17, 15) is 0 Å². The molecule has 2 aromatic heterocycles. The van der Waals surface area contributed by atoms with Crippen LogP contribution in [0.5, 0.6) is 5.88 Å². The van der Waals surface area contributed by atoms with Gasteiger partial charge in [-0.05, 0) is 30.7 Å². The van der Waals surface area contributed by atoms with Crippen LogP contribution >= 0.6 is 0 Å². The van der Waals surface area contributed by atoms with Gasteiger partial charge >= 0.3 is 0 Å². The van der Waals surface area contributed by atoms with Gasteiger partial charge in [-0.1, -0.05) is 13.0 Å². The van der Waals surface area contributed by atoms with E-state index in [2.05, 4.69) is 23.3 Å². The van der Waals surface area contributed by atoms with Crippen LogP contribution < -0.4 is 10.1 Å². The summed E-state index contributed by atoms with van der Waals surface area (Å²) in [6.07, 6.45) is 5.39. The molecule has 102 valence electrons. The summed E-state index contributed by atoms with van der Waals surface area (Å²) in [5, 5.41) is 3.48. The Balaban J connectivity index is 1.98. The monoisotopic (exact) mass is 260 g/mol. The lowest BCUT2D eigenvalue weighted by atomic mass is 10.0. The second-order valence-electron chi connectivity index (χ2n) is 4.45. The molecule has 1 unspecified atom stereocenters. The van der Waals surface area contributed by atoms with Crippen LogP contribution in [0.4, 0.5) is 0 Å². The number of pyridine rings is 1. The van der Waals surface area contributed by atoms with E-state index in [1.54, 1.807) is 13.4 Å². The predicted molar refractivity (Wildman–Crippen MR) is 74.4 cm³/mol. The highest BCUT2D eigenvalue weighted by molar-refractivity contribution is 5.19. The minimum atomic E-state index is 0.353. The molecule has 1 N–H and O–H groups in total. The molecule has 1 atom stereocenters.